The zero-order chi connectivity index (χ0) is 17.9. The molecule has 5 nitrogen and oxygen atoms in total. The van der Waals surface area contributed by atoms with E-state index in [9.17, 15) is 14.0 Å². The van der Waals surface area contributed by atoms with Crippen molar-refractivity contribution >= 4 is 5.91 Å². The van der Waals surface area contributed by atoms with Crippen LogP contribution in [0, 0.1) is 5.82 Å². The number of halogens is 1. The lowest BCUT2D eigenvalue weighted by Crippen LogP contribution is -2.51. The third kappa shape index (κ3) is 3.69. The van der Waals surface area contributed by atoms with Gasteiger partial charge in [0.05, 0.1) is 5.69 Å². The second kappa shape index (κ2) is 6.95. The summed E-state index contributed by atoms with van der Waals surface area (Å²) in [5.74, 6) is -0.622. The molecule has 128 valence electrons. The fourth-order valence-electron chi connectivity index (χ4n) is 2.18. The van der Waals surface area contributed by atoms with Gasteiger partial charge in [-0.25, -0.2) is 9.07 Å². The van der Waals surface area contributed by atoms with Gasteiger partial charge in [0.1, 0.15) is 11.4 Å². The van der Waals surface area contributed by atoms with Crippen LogP contribution in [0.3, 0.4) is 0 Å². The van der Waals surface area contributed by atoms with E-state index in [2.05, 4.69) is 10.4 Å². The molecule has 0 saturated heterocycles. The van der Waals surface area contributed by atoms with Crippen LogP contribution in [-0.2, 0) is 10.3 Å². The molecule has 0 aliphatic rings. The monoisotopic (exact) mass is 331 g/mol. The number of nitrogens with zero attached hydrogens (tertiary/aromatic N) is 2. The van der Waals surface area contributed by atoms with Gasteiger partial charge in [0.15, 0.2) is 0 Å². The number of nitrogens with one attached hydrogen (secondary N) is 1. The van der Waals surface area contributed by atoms with Gasteiger partial charge in [-0.2, -0.15) is 5.10 Å². The van der Waals surface area contributed by atoms with Crippen LogP contribution in [0.25, 0.3) is 11.3 Å². The first-order valence-corrected chi connectivity index (χ1v) is 7.93. The summed E-state index contributed by atoms with van der Waals surface area (Å²) in [6.07, 6.45) is 0.791. The van der Waals surface area contributed by atoms with Crippen molar-refractivity contribution in [3.05, 3.63) is 52.6 Å². The highest BCUT2D eigenvalue weighted by Crippen LogP contribution is 2.18. The number of hydrogen-bond donors (Lipinski definition) is 1. The highest BCUT2D eigenvalue weighted by atomic mass is 19.1. The second-order valence-corrected chi connectivity index (χ2v) is 6.32. The summed E-state index contributed by atoms with van der Waals surface area (Å²) in [5.41, 5.74) is -0.344. The van der Waals surface area contributed by atoms with Crippen LogP contribution in [0.15, 0.2) is 41.2 Å². The van der Waals surface area contributed by atoms with E-state index in [0.717, 1.165) is 6.42 Å². The minimum atomic E-state index is -1.14. The van der Waals surface area contributed by atoms with Crippen LogP contribution in [0.2, 0.25) is 0 Å². The summed E-state index contributed by atoms with van der Waals surface area (Å²) in [6.45, 7) is 7.16. The molecule has 1 heterocycles. The van der Waals surface area contributed by atoms with Gasteiger partial charge in [-0.15, -0.1) is 0 Å². The predicted molar refractivity (Wildman–Crippen MR) is 91.1 cm³/mol. The van der Waals surface area contributed by atoms with Crippen molar-refractivity contribution in [2.24, 2.45) is 0 Å². The minimum Gasteiger partial charge on any atom is -0.352 e. The third-order valence-electron chi connectivity index (χ3n) is 4.02. The van der Waals surface area contributed by atoms with Crippen LogP contribution in [0.5, 0.6) is 0 Å². The molecule has 1 unspecified atom stereocenters. The number of rotatable bonds is 5. The Kier molecular flexibility index (Phi) is 5.17. The summed E-state index contributed by atoms with van der Waals surface area (Å²) in [5, 5.41) is 7.19. The van der Waals surface area contributed by atoms with E-state index in [1.807, 2.05) is 13.8 Å². The normalized spacial score (nSPS) is 12.7. The summed E-state index contributed by atoms with van der Waals surface area (Å²) < 4.78 is 14.2. The molecule has 0 aliphatic carbocycles. The molecule has 0 spiro atoms. The first kappa shape index (κ1) is 17.8. The van der Waals surface area contributed by atoms with Crippen molar-refractivity contribution in [2.45, 2.75) is 45.7 Å². The van der Waals surface area contributed by atoms with Gasteiger partial charge in [0.25, 0.3) is 5.56 Å². The van der Waals surface area contributed by atoms with E-state index in [4.69, 9.17) is 0 Å². The number of carbonyl (C=O) groups is 1. The first-order valence-electron chi connectivity index (χ1n) is 7.93. The molecule has 0 aliphatic heterocycles. The molecule has 2 rings (SSSR count). The second-order valence-electron chi connectivity index (χ2n) is 6.32. The van der Waals surface area contributed by atoms with Crippen LogP contribution in [0.4, 0.5) is 4.39 Å². The average Bonchev–Trinajstić information content (AvgIpc) is 2.55. The molecule has 24 heavy (non-hydrogen) atoms. The summed E-state index contributed by atoms with van der Waals surface area (Å²) >= 11 is 0. The Morgan fingerprint density at radius 2 is 1.88 bits per heavy atom. The Balaban J connectivity index is 2.42. The Hall–Kier alpha value is -2.50. The SMILES string of the molecule is CCC(C)NC(=O)C(C)(C)n1nc(-c2ccc(F)cc2)ccc1=O. The Labute approximate surface area is 140 Å². The molecule has 6 heteroatoms. The molecule has 0 saturated carbocycles. The number of benzene rings is 1. The largest absolute Gasteiger partial charge is 0.352 e. The maximum Gasteiger partial charge on any atom is 0.267 e. The van der Waals surface area contributed by atoms with Gasteiger partial charge >= 0.3 is 0 Å². The van der Waals surface area contributed by atoms with E-state index in [0.29, 0.717) is 11.3 Å². The Bertz CT molecular complexity index is 782. The molecule has 1 aromatic heterocycles. The predicted octanol–water partition coefficient (Wildman–Crippen LogP) is 2.70. The first-order chi connectivity index (χ1) is 11.3. The molecule has 0 fully saturated rings. The number of hydrogen-bond acceptors (Lipinski definition) is 3. The van der Waals surface area contributed by atoms with Gasteiger partial charge in [-0.1, -0.05) is 6.92 Å². The smallest absolute Gasteiger partial charge is 0.267 e. The lowest BCUT2D eigenvalue weighted by Gasteiger charge is -2.27. The van der Waals surface area contributed by atoms with Crippen molar-refractivity contribution in [3.8, 4) is 11.3 Å². The van der Waals surface area contributed by atoms with Gasteiger partial charge < -0.3 is 5.32 Å². The van der Waals surface area contributed by atoms with Crippen molar-refractivity contribution in [2.75, 3.05) is 0 Å². The average molecular weight is 331 g/mol. The number of aromatic nitrogens is 2. The van der Waals surface area contributed by atoms with E-state index in [-0.39, 0.29) is 23.3 Å². The topological polar surface area (TPSA) is 64.0 Å². The number of carbonyl (C=O) groups excluding carboxylic acids is 1. The zero-order valence-corrected chi connectivity index (χ0v) is 14.3. The quantitative estimate of drug-likeness (QED) is 0.916. The fourth-order valence-corrected chi connectivity index (χ4v) is 2.18. The van der Waals surface area contributed by atoms with Crippen molar-refractivity contribution in [1.29, 1.82) is 0 Å². The fraction of sp³-hybridized carbons (Fsp3) is 0.389. The molecule has 1 amide bonds. The lowest BCUT2D eigenvalue weighted by atomic mass is 10.0. The summed E-state index contributed by atoms with van der Waals surface area (Å²) in [6, 6.07) is 8.75. The molecule has 0 bridgehead atoms. The molecule has 1 aromatic carbocycles. The molecule has 1 atom stereocenters. The molecular weight excluding hydrogens is 309 g/mol. The molecule has 0 radical (unpaired) electrons. The van der Waals surface area contributed by atoms with Crippen molar-refractivity contribution in [1.82, 2.24) is 15.1 Å². The summed E-state index contributed by atoms with van der Waals surface area (Å²) in [7, 11) is 0. The molecular formula is C18H22FN3O2. The highest BCUT2D eigenvalue weighted by Gasteiger charge is 2.32. The molecule has 1 N–H and O–H groups in total. The van der Waals surface area contributed by atoms with Gasteiger partial charge in [0.2, 0.25) is 5.91 Å². The van der Waals surface area contributed by atoms with Crippen molar-refractivity contribution in [3.63, 3.8) is 0 Å². The van der Waals surface area contributed by atoms with E-state index in [1.165, 1.54) is 22.9 Å². The van der Waals surface area contributed by atoms with E-state index >= 15 is 0 Å². The summed E-state index contributed by atoms with van der Waals surface area (Å²) in [4.78, 5) is 24.7. The van der Waals surface area contributed by atoms with Gasteiger partial charge in [-0.3, -0.25) is 9.59 Å². The maximum atomic E-state index is 13.1. The van der Waals surface area contributed by atoms with Crippen LogP contribution < -0.4 is 10.9 Å². The standard InChI is InChI=1S/C18H22FN3O2/c1-5-12(2)20-17(24)18(3,4)22-16(23)11-10-15(21-22)13-6-8-14(19)9-7-13/h6-12H,5H2,1-4H3,(H,20,24). The lowest BCUT2D eigenvalue weighted by molar-refractivity contribution is -0.129. The maximum absolute atomic E-state index is 13.1. The van der Waals surface area contributed by atoms with Gasteiger partial charge in [0, 0.05) is 17.7 Å². The Morgan fingerprint density at radius 1 is 1.25 bits per heavy atom. The van der Waals surface area contributed by atoms with Gasteiger partial charge in [-0.05, 0) is 57.5 Å². The highest BCUT2D eigenvalue weighted by molar-refractivity contribution is 5.83. The van der Waals surface area contributed by atoms with E-state index in [1.54, 1.807) is 32.0 Å². The Morgan fingerprint density at radius 3 is 2.46 bits per heavy atom. The minimum absolute atomic E-state index is 0.00718. The zero-order valence-electron chi connectivity index (χ0n) is 14.3. The van der Waals surface area contributed by atoms with E-state index < -0.39 is 5.54 Å². The van der Waals surface area contributed by atoms with Crippen LogP contribution in [-0.4, -0.2) is 21.7 Å². The van der Waals surface area contributed by atoms with Crippen LogP contribution in [0.1, 0.15) is 34.1 Å². The molecule has 2 aromatic rings. The number of amides is 1. The van der Waals surface area contributed by atoms with Crippen LogP contribution >= 0.6 is 0 Å². The third-order valence-corrected chi connectivity index (χ3v) is 4.02. The van der Waals surface area contributed by atoms with Crippen molar-refractivity contribution < 1.29 is 9.18 Å².